The lowest BCUT2D eigenvalue weighted by Gasteiger charge is -2.32. The number of nitrogens with zero attached hydrogens (tertiary/aromatic N) is 1. The third-order valence-corrected chi connectivity index (χ3v) is 6.40. The van der Waals surface area contributed by atoms with Crippen LogP contribution in [0.2, 0.25) is 0 Å². The number of carbonyl (C=O) groups is 2. The van der Waals surface area contributed by atoms with Crippen molar-refractivity contribution in [3.63, 3.8) is 0 Å². The smallest absolute Gasteiger partial charge is 0.407 e. The number of piperidine rings is 1. The van der Waals surface area contributed by atoms with E-state index < -0.39 is 21.7 Å². The largest absolute Gasteiger partial charge is 0.444 e. The first-order valence-electron chi connectivity index (χ1n) is 9.55. The average Bonchev–Trinajstić information content (AvgIpc) is 2.60. The minimum Gasteiger partial charge on any atom is -0.444 e. The van der Waals surface area contributed by atoms with Gasteiger partial charge in [0.1, 0.15) is 11.9 Å². The number of carbonyl (C=O) groups excluding carboxylic acids is 2. The number of rotatable bonds is 6. The van der Waals surface area contributed by atoms with Gasteiger partial charge in [0.25, 0.3) is 0 Å². The van der Waals surface area contributed by atoms with E-state index in [0.717, 1.165) is 11.8 Å². The molecule has 1 aromatic carbocycles. The maximum Gasteiger partial charge on any atom is 0.407 e. The van der Waals surface area contributed by atoms with E-state index in [0.29, 0.717) is 32.4 Å². The summed E-state index contributed by atoms with van der Waals surface area (Å²) in [6, 6.07) is 6.64. The molecule has 1 aliphatic rings. The van der Waals surface area contributed by atoms with Crippen LogP contribution in [0.1, 0.15) is 46.1 Å². The van der Waals surface area contributed by atoms with E-state index in [1.807, 2.05) is 6.07 Å². The Morgan fingerprint density at radius 1 is 1.32 bits per heavy atom. The Kier molecular flexibility index (Phi) is 7.22. The van der Waals surface area contributed by atoms with E-state index in [4.69, 9.17) is 4.74 Å². The summed E-state index contributed by atoms with van der Waals surface area (Å²) in [6.07, 6.45) is 1.95. The van der Waals surface area contributed by atoms with Crippen LogP contribution in [-0.2, 0) is 26.0 Å². The number of aldehydes is 1. The first-order chi connectivity index (χ1) is 13.0. The van der Waals surface area contributed by atoms with E-state index in [1.54, 1.807) is 45.9 Å². The lowest BCUT2D eigenvalue weighted by atomic mass is 10.0. The molecular formula is C20H30N2O5S. The van der Waals surface area contributed by atoms with Crippen molar-refractivity contribution in [2.45, 2.75) is 63.5 Å². The van der Waals surface area contributed by atoms with Gasteiger partial charge in [-0.05, 0) is 57.7 Å². The average molecular weight is 411 g/mol. The molecule has 1 N–H and O–H groups in total. The Hall–Kier alpha value is -1.93. The number of hydrogen-bond acceptors (Lipinski definition) is 5. The second kappa shape index (κ2) is 9.05. The summed E-state index contributed by atoms with van der Waals surface area (Å²) in [4.78, 5) is 23.0. The molecule has 0 aromatic heterocycles. The summed E-state index contributed by atoms with van der Waals surface area (Å²) in [5.41, 5.74) is 0.252. The van der Waals surface area contributed by atoms with Crippen LogP contribution < -0.4 is 5.32 Å². The molecule has 1 unspecified atom stereocenters. The zero-order valence-electron chi connectivity index (χ0n) is 17.0. The van der Waals surface area contributed by atoms with Gasteiger partial charge in [-0.15, -0.1) is 0 Å². The van der Waals surface area contributed by atoms with Gasteiger partial charge in [0.15, 0.2) is 0 Å². The van der Waals surface area contributed by atoms with Gasteiger partial charge >= 0.3 is 6.09 Å². The van der Waals surface area contributed by atoms with Gasteiger partial charge in [0.2, 0.25) is 10.0 Å². The molecule has 0 bridgehead atoms. The van der Waals surface area contributed by atoms with Gasteiger partial charge in [-0.3, -0.25) is 0 Å². The number of ether oxygens (including phenoxy) is 1. The highest BCUT2D eigenvalue weighted by Crippen LogP contribution is 2.22. The Bertz CT molecular complexity index is 793. The summed E-state index contributed by atoms with van der Waals surface area (Å²) in [5, 5.41) is 2.81. The molecule has 2 rings (SSSR count). The first kappa shape index (κ1) is 22.4. The molecule has 1 heterocycles. The van der Waals surface area contributed by atoms with Crippen molar-refractivity contribution >= 4 is 22.4 Å². The van der Waals surface area contributed by atoms with Gasteiger partial charge < -0.3 is 14.8 Å². The maximum absolute atomic E-state index is 13.0. The molecule has 1 aliphatic heterocycles. The summed E-state index contributed by atoms with van der Waals surface area (Å²) in [7, 11) is -3.61. The standard InChI is InChI=1S/C20H30N2O5S/c1-15(14-23)12-16-6-5-7-18(13-16)28(25,26)22-10-8-17(9-11-22)21-19(24)27-20(2,3)4/h5-7,13-15,17H,8-12H2,1-4H3,(H,21,24). The van der Waals surface area contributed by atoms with Gasteiger partial charge in [0.05, 0.1) is 4.90 Å². The highest BCUT2D eigenvalue weighted by atomic mass is 32.2. The fourth-order valence-corrected chi connectivity index (χ4v) is 4.66. The van der Waals surface area contributed by atoms with Crippen molar-refractivity contribution in [2.24, 2.45) is 5.92 Å². The van der Waals surface area contributed by atoms with Gasteiger partial charge in [-0.2, -0.15) is 4.31 Å². The topological polar surface area (TPSA) is 92.8 Å². The van der Waals surface area contributed by atoms with E-state index in [9.17, 15) is 18.0 Å². The Morgan fingerprint density at radius 2 is 1.96 bits per heavy atom. The summed E-state index contributed by atoms with van der Waals surface area (Å²) in [6.45, 7) is 7.86. The molecule has 0 spiro atoms. The van der Waals surface area contributed by atoms with Crippen LogP contribution in [0, 0.1) is 5.92 Å². The molecule has 1 aromatic rings. The fraction of sp³-hybridized carbons (Fsp3) is 0.600. The van der Waals surface area contributed by atoms with Gasteiger partial charge in [0, 0.05) is 25.0 Å². The monoisotopic (exact) mass is 410 g/mol. The molecule has 1 saturated heterocycles. The maximum atomic E-state index is 13.0. The van der Waals surface area contributed by atoms with Gasteiger partial charge in [-0.25, -0.2) is 13.2 Å². The highest BCUT2D eigenvalue weighted by Gasteiger charge is 2.30. The molecule has 0 radical (unpaired) electrons. The van der Waals surface area contributed by atoms with Crippen molar-refractivity contribution in [2.75, 3.05) is 13.1 Å². The van der Waals surface area contributed by atoms with Gasteiger partial charge in [-0.1, -0.05) is 19.1 Å². The zero-order chi connectivity index (χ0) is 20.9. The lowest BCUT2D eigenvalue weighted by Crippen LogP contribution is -2.47. The number of hydrogen-bond donors (Lipinski definition) is 1. The van der Waals surface area contributed by atoms with Crippen molar-refractivity contribution in [3.8, 4) is 0 Å². The van der Waals surface area contributed by atoms with Crippen LogP contribution in [0.4, 0.5) is 4.79 Å². The van der Waals surface area contributed by atoms with Crippen LogP contribution in [0.25, 0.3) is 0 Å². The van der Waals surface area contributed by atoms with Crippen LogP contribution >= 0.6 is 0 Å². The minimum absolute atomic E-state index is 0.110. The number of sulfonamides is 1. The third kappa shape index (κ3) is 6.31. The van der Waals surface area contributed by atoms with E-state index >= 15 is 0 Å². The highest BCUT2D eigenvalue weighted by molar-refractivity contribution is 7.89. The Labute approximate surface area is 167 Å². The molecule has 8 heteroatoms. The number of alkyl carbamates (subject to hydrolysis) is 1. The second-order valence-corrected chi connectivity index (χ2v) is 10.2. The molecule has 0 saturated carbocycles. The van der Waals surface area contributed by atoms with Crippen molar-refractivity contribution in [1.82, 2.24) is 9.62 Å². The predicted molar refractivity (Wildman–Crippen MR) is 107 cm³/mol. The third-order valence-electron chi connectivity index (χ3n) is 4.50. The van der Waals surface area contributed by atoms with Crippen LogP contribution in [0.3, 0.4) is 0 Å². The molecular weight excluding hydrogens is 380 g/mol. The molecule has 0 aliphatic carbocycles. The minimum atomic E-state index is -3.61. The molecule has 1 fully saturated rings. The summed E-state index contributed by atoms with van der Waals surface area (Å²) < 4.78 is 32.6. The predicted octanol–water partition coefficient (Wildman–Crippen LogP) is 2.74. The van der Waals surface area contributed by atoms with E-state index in [-0.39, 0.29) is 16.9 Å². The van der Waals surface area contributed by atoms with Crippen LogP contribution in [-0.4, -0.2) is 49.8 Å². The number of nitrogens with one attached hydrogen (secondary N) is 1. The normalized spacial score (nSPS) is 17.7. The quantitative estimate of drug-likeness (QED) is 0.728. The molecule has 28 heavy (non-hydrogen) atoms. The molecule has 1 amide bonds. The van der Waals surface area contributed by atoms with Crippen LogP contribution in [0.5, 0.6) is 0 Å². The fourth-order valence-electron chi connectivity index (χ4n) is 3.12. The van der Waals surface area contributed by atoms with Crippen molar-refractivity contribution < 1.29 is 22.7 Å². The van der Waals surface area contributed by atoms with Crippen molar-refractivity contribution in [1.29, 1.82) is 0 Å². The zero-order valence-corrected chi connectivity index (χ0v) is 17.8. The van der Waals surface area contributed by atoms with Crippen LogP contribution in [0.15, 0.2) is 29.2 Å². The lowest BCUT2D eigenvalue weighted by molar-refractivity contribution is -0.110. The second-order valence-electron chi connectivity index (χ2n) is 8.29. The van der Waals surface area contributed by atoms with E-state index in [2.05, 4.69) is 5.32 Å². The SMILES string of the molecule is CC(C=O)Cc1cccc(S(=O)(=O)N2CCC(NC(=O)OC(C)(C)C)CC2)c1. The first-order valence-corrected chi connectivity index (χ1v) is 11.0. The molecule has 156 valence electrons. The Balaban J connectivity index is 1.98. The Morgan fingerprint density at radius 3 is 2.54 bits per heavy atom. The van der Waals surface area contributed by atoms with Crippen molar-refractivity contribution in [3.05, 3.63) is 29.8 Å². The summed E-state index contributed by atoms with van der Waals surface area (Å²) in [5.74, 6) is -0.160. The molecule has 1 atom stereocenters. The number of amides is 1. The number of benzene rings is 1. The summed E-state index contributed by atoms with van der Waals surface area (Å²) >= 11 is 0. The molecule has 7 nitrogen and oxygen atoms in total. The van der Waals surface area contributed by atoms with E-state index in [1.165, 1.54) is 4.31 Å².